The lowest BCUT2D eigenvalue weighted by Crippen LogP contribution is -2.31. The van der Waals surface area contributed by atoms with Gasteiger partial charge in [-0.2, -0.15) is 0 Å². The van der Waals surface area contributed by atoms with Crippen LogP contribution in [0.25, 0.3) is 0 Å². The summed E-state index contributed by atoms with van der Waals surface area (Å²) in [5.74, 6) is 0. The molecular weight excluding hydrogens is 242 g/mol. The van der Waals surface area contributed by atoms with Gasteiger partial charge in [-0.05, 0) is 47.6 Å². The average molecular weight is 273 g/mol. The van der Waals surface area contributed by atoms with Crippen LogP contribution in [0.5, 0.6) is 0 Å². The van der Waals surface area contributed by atoms with Crippen LogP contribution in [-0.2, 0) is 5.41 Å². The third-order valence-corrected chi connectivity index (χ3v) is 5.90. The van der Waals surface area contributed by atoms with Gasteiger partial charge in [0.25, 0.3) is 0 Å². The lowest BCUT2D eigenvalue weighted by molar-refractivity contribution is 0.222. The Morgan fingerprint density at radius 3 is 2.10 bits per heavy atom. The molecule has 1 atom stereocenters. The lowest BCUT2D eigenvalue weighted by Gasteiger charge is -2.35. The summed E-state index contributed by atoms with van der Waals surface area (Å²) in [4.78, 5) is 0. The second-order valence-corrected chi connectivity index (χ2v) is 7.26. The van der Waals surface area contributed by atoms with E-state index in [0.717, 1.165) is 6.42 Å². The Kier molecular flexibility index (Phi) is 4.59. The van der Waals surface area contributed by atoms with E-state index in [1.807, 2.05) is 0 Å². The summed E-state index contributed by atoms with van der Waals surface area (Å²) < 4.78 is 0. The Bertz CT molecular complexity index is 424. The minimum absolute atomic E-state index is 0.203. The first-order chi connectivity index (χ1) is 9.45. The quantitative estimate of drug-likeness (QED) is 0.769. The van der Waals surface area contributed by atoms with Crippen molar-refractivity contribution in [3.63, 3.8) is 0 Å². The summed E-state index contributed by atoms with van der Waals surface area (Å²) in [5, 5.41) is 0. The molecule has 0 radical (unpaired) electrons. The molecule has 1 aromatic carbocycles. The molecule has 1 aromatic rings. The average Bonchev–Trinajstić information content (AvgIpc) is 2.96. The lowest BCUT2D eigenvalue weighted by atomic mass is 9.73. The van der Waals surface area contributed by atoms with Gasteiger partial charge < -0.3 is 5.73 Å². The predicted octanol–water partition coefficient (Wildman–Crippen LogP) is 5.34. The molecule has 1 nitrogen and oxygen atoms in total. The van der Waals surface area contributed by atoms with Crippen LogP contribution in [0, 0.1) is 5.41 Å². The Hall–Kier alpha value is -0.820. The molecule has 1 aliphatic carbocycles. The second-order valence-electron chi connectivity index (χ2n) is 7.26. The fourth-order valence-electron chi connectivity index (χ4n) is 3.66. The highest BCUT2D eigenvalue weighted by molar-refractivity contribution is 5.30. The summed E-state index contributed by atoms with van der Waals surface area (Å²) in [6, 6.07) is 9.32. The summed E-state index contributed by atoms with van der Waals surface area (Å²) in [7, 11) is 0. The third kappa shape index (κ3) is 2.79. The van der Waals surface area contributed by atoms with Crippen LogP contribution in [0.3, 0.4) is 0 Å². The number of nitrogens with two attached hydrogens (primary N) is 1. The van der Waals surface area contributed by atoms with Crippen LogP contribution in [-0.4, -0.2) is 0 Å². The second kappa shape index (κ2) is 5.89. The molecule has 0 heterocycles. The largest absolute Gasteiger partial charge is 0.323 e. The van der Waals surface area contributed by atoms with Gasteiger partial charge >= 0.3 is 0 Å². The van der Waals surface area contributed by atoms with Gasteiger partial charge in [-0.3, -0.25) is 0 Å². The fraction of sp³-hybridized carbons (Fsp3) is 0.684. The molecule has 0 spiro atoms. The first kappa shape index (κ1) is 15.6. The molecule has 2 N–H and O–H groups in total. The maximum Gasteiger partial charge on any atom is 0.0351 e. The summed E-state index contributed by atoms with van der Waals surface area (Å²) in [5.41, 5.74) is 10.00. The molecule has 1 heteroatoms. The third-order valence-electron chi connectivity index (χ3n) is 5.90. The minimum Gasteiger partial charge on any atom is -0.323 e. The molecule has 0 aliphatic heterocycles. The molecule has 1 aliphatic rings. The van der Waals surface area contributed by atoms with E-state index in [-0.39, 0.29) is 11.5 Å². The van der Waals surface area contributed by atoms with E-state index in [1.165, 1.54) is 43.2 Å². The number of rotatable bonds is 5. The van der Waals surface area contributed by atoms with E-state index in [2.05, 4.69) is 52.0 Å². The highest BCUT2D eigenvalue weighted by atomic mass is 14.7. The molecule has 0 saturated heterocycles. The van der Waals surface area contributed by atoms with Crippen molar-refractivity contribution < 1.29 is 0 Å². The summed E-state index contributed by atoms with van der Waals surface area (Å²) in [6.07, 6.45) is 7.67. The Balaban J connectivity index is 2.21. The zero-order valence-electron chi connectivity index (χ0n) is 13.7. The summed E-state index contributed by atoms with van der Waals surface area (Å²) in [6.45, 7) is 9.18. The zero-order valence-corrected chi connectivity index (χ0v) is 13.7. The maximum atomic E-state index is 6.64. The van der Waals surface area contributed by atoms with E-state index in [9.17, 15) is 0 Å². The fourth-order valence-corrected chi connectivity index (χ4v) is 3.66. The molecule has 20 heavy (non-hydrogen) atoms. The normalized spacial score (nSPS) is 20.1. The van der Waals surface area contributed by atoms with Gasteiger partial charge in [-0.15, -0.1) is 0 Å². The van der Waals surface area contributed by atoms with Crippen LogP contribution in [0.2, 0.25) is 0 Å². The molecule has 1 saturated carbocycles. The van der Waals surface area contributed by atoms with Crippen molar-refractivity contribution in [3.05, 3.63) is 35.4 Å². The minimum atomic E-state index is 0.203. The van der Waals surface area contributed by atoms with Crippen LogP contribution >= 0.6 is 0 Å². The van der Waals surface area contributed by atoms with Crippen molar-refractivity contribution in [1.29, 1.82) is 0 Å². The van der Waals surface area contributed by atoms with Crippen LogP contribution in [0.4, 0.5) is 0 Å². The molecule has 1 unspecified atom stereocenters. The van der Waals surface area contributed by atoms with Crippen LogP contribution in [0.15, 0.2) is 24.3 Å². The number of hydrogen-bond donors (Lipinski definition) is 1. The van der Waals surface area contributed by atoms with Crippen molar-refractivity contribution in [3.8, 4) is 0 Å². The van der Waals surface area contributed by atoms with E-state index >= 15 is 0 Å². The Morgan fingerprint density at radius 1 is 1.10 bits per heavy atom. The van der Waals surface area contributed by atoms with Crippen LogP contribution < -0.4 is 5.73 Å². The maximum absolute atomic E-state index is 6.64. The van der Waals surface area contributed by atoms with Crippen LogP contribution in [0.1, 0.15) is 83.4 Å². The van der Waals surface area contributed by atoms with E-state index < -0.39 is 0 Å². The van der Waals surface area contributed by atoms with Gasteiger partial charge in [-0.1, -0.05) is 64.8 Å². The van der Waals surface area contributed by atoms with Gasteiger partial charge in [0.05, 0.1) is 0 Å². The molecule has 1 fully saturated rings. The van der Waals surface area contributed by atoms with Gasteiger partial charge in [0.1, 0.15) is 0 Å². The van der Waals surface area contributed by atoms with E-state index in [4.69, 9.17) is 5.73 Å². The monoisotopic (exact) mass is 273 g/mol. The molecule has 0 bridgehead atoms. The zero-order chi connectivity index (χ0) is 14.8. The Morgan fingerprint density at radius 2 is 1.65 bits per heavy atom. The SMILES string of the molecule is CCC(C)(C)c1ccc(C(N)C2(CC)CCCC2)cc1. The Labute approximate surface area is 125 Å². The topological polar surface area (TPSA) is 26.0 Å². The number of benzene rings is 1. The number of hydrogen-bond acceptors (Lipinski definition) is 1. The standard InChI is InChI=1S/C19H31N/c1-5-18(3,4)16-11-9-15(10-12-16)17(20)19(6-2)13-7-8-14-19/h9-12,17H,5-8,13-14,20H2,1-4H3. The van der Waals surface area contributed by atoms with Crippen molar-refractivity contribution in [1.82, 2.24) is 0 Å². The first-order valence-corrected chi connectivity index (χ1v) is 8.31. The highest BCUT2D eigenvalue weighted by Gasteiger charge is 2.38. The van der Waals surface area contributed by atoms with Crippen molar-refractivity contribution in [2.24, 2.45) is 11.1 Å². The predicted molar refractivity (Wildman–Crippen MR) is 87.9 cm³/mol. The smallest absolute Gasteiger partial charge is 0.0351 e. The molecular formula is C19H31N. The van der Waals surface area contributed by atoms with Crippen molar-refractivity contribution in [2.45, 2.75) is 77.7 Å². The first-order valence-electron chi connectivity index (χ1n) is 8.31. The summed E-state index contributed by atoms with van der Waals surface area (Å²) >= 11 is 0. The molecule has 2 rings (SSSR count). The van der Waals surface area contributed by atoms with Gasteiger partial charge in [-0.25, -0.2) is 0 Å². The molecule has 0 amide bonds. The molecule has 0 aromatic heterocycles. The molecule has 112 valence electrons. The van der Waals surface area contributed by atoms with Crippen molar-refractivity contribution >= 4 is 0 Å². The van der Waals surface area contributed by atoms with Crippen molar-refractivity contribution in [2.75, 3.05) is 0 Å². The van der Waals surface area contributed by atoms with E-state index in [1.54, 1.807) is 0 Å². The highest BCUT2D eigenvalue weighted by Crippen LogP contribution is 2.49. The van der Waals surface area contributed by atoms with Gasteiger partial charge in [0.2, 0.25) is 0 Å². The van der Waals surface area contributed by atoms with Gasteiger partial charge in [0.15, 0.2) is 0 Å². The van der Waals surface area contributed by atoms with Gasteiger partial charge in [0, 0.05) is 6.04 Å². The van der Waals surface area contributed by atoms with E-state index in [0.29, 0.717) is 5.41 Å².